The van der Waals surface area contributed by atoms with Gasteiger partial charge in [-0.2, -0.15) is 0 Å². The molecule has 0 aliphatic carbocycles. The normalized spacial score (nSPS) is 20.5. The van der Waals surface area contributed by atoms with Crippen molar-refractivity contribution in [3.05, 3.63) is 33.3 Å². The lowest BCUT2D eigenvalue weighted by Crippen LogP contribution is -2.13. The summed E-state index contributed by atoms with van der Waals surface area (Å²) in [5, 5.41) is 2.88. The zero-order chi connectivity index (χ0) is 11.0. The Kier molecular flexibility index (Phi) is 2.83. The Morgan fingerprint density at radius 2 is 2.13 bits per heavy atom. The Morgan fingerprint density at radius 1 is 1.40 bits per heavy atom. The van der Waals surface area contributed by atoms with Gasteiger partial charge in [0.05, 0.1) is 0 Å². The van der Waals surface area contributed by atoms with Crippen LogP contribution in [0.4, 0.5) is 0 Å². The smallest absolute Gasteiger partial charge is 0.220 e. The highest BCUT2D eigenvalue weighted by Gasteiger charge is 2.24. The summed E-state index contributed by atoms with van der Waals surface area (Å²) < 4.78 is 1.17. The van der Waals surface area contributed by atoms with E-state index < -0.39 is 0 Å². The molecule has 1 aliphatic heterocycles. The Morgan fingerprint density at radius 3 is 2.73 bits per heavy atom. The van der Waals surface area contributed by atoms with Crippen LogP contribution in [0.25, 0.3) is 0 Å². The summed E-state index contributed by atoms with van der Waals surface area (Å²) in [6.45, 7) is 4.96. The van der Waals surface area contributed by atoms with Gasteiger partial charge in [-0.3, -0.25) is 4.79 Å². The maximum absolute atomic E-state index is 11.2. The monoisotopic (exact) mass is 267 g/mol. The van der Waals surface area contributed by atoms with Crippen molar-refractivity contribution in [2.45, 2.75) is 26.2 Å². The van der Waals surface area contributed by atoms with Gasteiger partial charge in [0.2, 0.25) is 5.91 Å². The molecule has 2 rings (SSSR count). The molecule has 1 aromatic carbocycles. The Balaban J connectivity index is 2.37. The third-order valence-corrected chi connectivity index (χ3v) is 4.26. The van der Waals surface area contributed by atoms with Crippen LogP contribution in [0.5, 0.6) is 0 Å². The van der Waals surface area contributed by atoms with Gasteiger partial charge in [0.15, 0.2) is 0 Å². The van der Waals surface area contributed by atoms with Gasteiger partial charge in [-0.15, -0.1) is 0 Å². The largest absolute Gasteiger partial charge is 0.355 e. The molecule has 0 bridgehead atoms. The summed E-state index contributed by atoms with van der Waals surface area (Å²) in [7, 11) is 0. The van der Waals surface area contributed by atoms with Crippen molar-refractivity contribution in [1.29, 1.82) is 0 Å². The molecule has 1 atom stereocenters. The summed E-state index contributed by atoms with van der Waals surface area (Å²) in [6, 6.07) is 4.25. The van der Waals surface area contributed by atoms with E-state index in [1.54, 1.807) is 0 Å². The van der Waals surface area contributed by atoms with Crippen molar-refractivity contribution in [2.24, 2.45) is 0 Å². The van der Waals surface area contributed by atoms with Crippen LogP contribution >= 0.6 is 15.9 Å². The van der Waals surface area contributed by atoms with Gasteiger partial charge >= 0.3 is 0 Å². The van der Waals surface area contributed by atoms with E-state index in [1.165, 1.54) is 21.2 Å². The van der Waals surface area contributed by atoms with E-state index in [0.29, 0.717) is 12.3 Å². The Labute approximate surface area is 98.2 Å². The number of hydrogen-bond donors (Lipinski definition) is 1. The van der Waals surface area contributed by atoms with Crippen LogP contribution in [-0.4, -0.2) is 12.5 Å². The third-order valence-electron chi connectivity index (χ3n) is 3.04. The second kappa shape index (κ2) is 3.97. The molecule has 1 aliphatic rings. The van der Waals surface area contributed by atoms with Crippen LogP contribution in [0.15, 0.2) is 16.6 Å². The number of carbonyl (C=O) groups is 1. The van der Waals surface area contributed by atoms with Gasteiger partial charge in [-0.25, -0.2) is 0 Å². The number of benzene rings is 1. The molecule has 1 heterocycles. The van der Waals surface area contributed by atoms with Gasteiger partial charge < -0.3 is 5.32 Å². The minimum Gasteiger partial charge on any atom is -0.355 e. The lowest BCUT2D eigenvalue weighted by atomic mass is 9.93. The molecule has 1 N–H and O–H groups in total. The molecule has 0 radical (unpaired) electrons. The van der Waals surface area contributed by atoms with Crippen LogP contribution in [-0.2, 0) is 4.79 Å². The number of amides is 1. The van der Waals surface area contributed by atoms with Gasteiger partial charge in [0.25, 0.3) is 0 Å². The fourth-order valence-corrected chi connectivity index (χ4v) is 2.46. The first-order valence-electron chi connectivity index (χ1n) is 5.12. The van der Waals surface area contributed by atoms with E-state index in [1.807, 2.05) is 0 Å². The maximum atomic E-state index is 11.2. The number of aryl methyl sites for hydroxylation is 1. The molecule has 80 valence electrons. The molecule has 3 heteroatoms. The average Bonchev–Trinajstić information content (AvgIpc) is 2.61. The molecule has 1 aromatic rings. The van der Waals surface area contributed by atoms with Gasteiger partial charge in [-0.1, -0.05) is 28.1 Å². The maximum Gasteiger partial charge on any atom is 0.220 e. The molecular weight excluding hydrogens is 254 g/mol. The zero-order valence-corrected chi connectivity index (χ0v) is 10.5. The van der Waals surface area contributed by atoms with Crippen LogP contribution in [0.1, 0.15) is 29.0 Å². The first-order valence-corrected chi connectivity index (χ1v) is 5.91. The lowest BCUT2D eigenvalue weighted by Gasteiger charge is -2.14. The van der Waals surface area contributed by atoms with Gasteiger partial charge in [0, 0.05) is 23.4 Å². The quantitative estimate of drug-likeness (QED) is 0.833. The summed E-state index contributed by atoms with van der Waals surface area (Å²) in [5.74, 6) is 0.505. The molecular formula is C12H14BrNO. The van der Waals surface area contributed by atoms with Crippen molar-refractivity contribution in [3.8, 4) is 0 Å². The molecule has 15 heavy (non-hydrogen) atoms. The van der Waals surface area contributed by atoms with Crippen molar-refractivity contribution in [1.82, 2.24) is 5.32 Å². The van der Waals surface area contributed by atoms with E-state index >= 15 is 0 Å². The van der Waals surface area contributed by atoms with Crippen LogP contribution < -0.4 is 5.32 Å². The number of carbonyl (C=O) groups excluding carboxylic acids is 1. The highest BCUT2D eigenvalue weighted by molar-refractivity contribution is 9.10. The standard InChI is InChI=1S/C12H14BrNO/c1-7-3-4-10(8(2)12(7)13)9-5-11(15)14-6-9/h3-4,9H,5-6H2,1-2H3,(H,14,15). The van der Waals surface area contributed by atoms with E-state index in [9.17, 15) is 4.79 Å². The van der Waals surface area contributed by atoms with Crippen LogP contribution in [0.2, 0.25) is 0 Å². The Bertz CT molecular complexity index is 414. The number of halogens is 1. The molecule has 1 amide bonds. The number of rotatable bonds is 1. The second-order valence-corrected chi connectivity index (χ2v) is 4.91. The summed E-state index contributed by atoms with van der Waals surface area (Å²) in [6.07, 6.45) is 0.621. The van der Waals surface area contributed by atoms with E-state index in [4.69, 9.17) is 0 Å². The third kappa shape index (κ3) is 1.93. The van der Waals surface area contributed by atoms with Crippen molar-refractivity contribution in [3.63, 3.8) is 0 Å². The zero-order valence-electron chi connectivity index (χ0n) is 8.93. The highest BCUT2D eigenvalue weighted by Crippen LogP contribution is 2.31. The predicted octanol–water partition coefficient (Wildman–Crippen LogP) is 2.67. The summed E-state index contributed by atoms with van der Waals surface area (Å²) >= 11 is 3.59. The average molecular weight is 268 g/mol. The molecule has 0 aromatic heterocycles. The number of hydrogen-bond acceptors (Lipinski definition) is 1. The molecule has 0 spiro atoms. The first kappa shape index (κ1) is 10.7. The molecule has 1 fully saturated rings. The number of nitrogens with one attached hydrogen (secondary N) is 1. The molecule has 0 saturated carbocycles. The van der Waals surface area contributed by atoms with Crippen LogP contribution in [0.3, 0.4) is 0 Å². The van der Waals surface area contributed by atoms with Gasteiger partial charge in [0.1, 0.15) is 0 Å². The van der Waals surface area contributed by atoms with Crippen molar-refractivity contribution >= 4 is 21.8 Å². The van der Waals surface area contributed by atoms with Crippen LogP contribution in [0, 0.1) is 13.8 Å². The summed E-state index contributed by atoms with van der Waals surface area (Å²) in [5.41, 5.74) is 3.79. The van der Waals surface area contributed by atoms with Crippen molar-refractivity contribution in [2.75, 3.05) is 6.54 Å². The molecule has 1 saturated heterocycles. The lowest BCUT2D eigenvalue weighted by molar-refractivity contribution is -0.119. The molecule has 2 nitrogen and oxygen atoms in total. The minimum atomic E-state index is 0.163. The second-order valence-electron chi connectivity index (χ2n) is 4.12. The topological polar surface area (TPSA) is 29.1 Å². The van der Waals surface area contributed by atoms with E-state index in [-0.39, 0.29) is 5.91 Å². The highest BCUT2D eigenvalue weighted by atomic mass is 79.9. The van der Waals surface area contributed by atoms with E-state index in [0.717, 1.165) is 6.54 Å². The first-order chi connectivity index (χ1) is 7.09. The fraction of sp³-hybridized carbons (Fsp3) is 0.417. The summed E-state index contributed by atoms with van der Waals surface area (Å²) in [4.78, 5) is 11.2. The van der Waals surface area contributed by atoms with Gasteiger partial charge in [-0.05, 0) is 30.5 Å². The Hall–Kier alpha value is -0.830. The SMILES string of the molecule is Cc1ccc(C2CNC(=O)C2)c(C)c1Br. The fourth-order valence-electron chi connectivity index (χ4n) is 2.10. The van der Waals surface area contributed by atoms with Crippen molar-refractivity contribution < 1.29 is 4.79 Å². The van der Waals surface area contributed by atoms with E-state index in [2.05, 4.69) is 47.2 Å². The minimum absolute atomic E-state index is 0.163. The molecule has 1 unspecified atom stereocenters. The predicted molar refractivity (Wildman–Crippen MR) is 64.0 cm³/mol.